The predicted molar refractivity (Wildman–Crippen MR) is 92.9 cm³/mol. The van der Waals surface area contributed by atoms with E-state index in [9.17, 15) is 4.79 Å². The van der Waals surface area contributed by atoms with E-state index in [-0.39, 0.29) is 5.91 Å². The Labute approximate surface area is 145 Å². The van der Waals surface area contributed by atoms with Crippen LogP contribution < -0.4 is 0 Å². The van der Waals surface area contributed by atoms with Crippen LogP contribution in [-0.4, -0.2) is 62.9 Å². The summed E-state index contributed by atoms with van der Waals surface area (Å²) in [6.45, 7) is 1.99. The number of likely N-dealkylation sites (N-methyl/N-ethyl adjacent to an activating group) is 1. The Morgan fingerprint density at radius 1 is 1.12 bits per heavy atom. The zero-order valence-corrected chi connectivity index (χ0v) is 14.6. The smallest absolute Gasteiger partial charge is 0.265 e. The van der Waals surface area contributed by atoms with Gasteiger partial charge < -0.3 is 9.80 Å². The maximum absolute atomic E-state index is 13.0. The Kier molecular flexibility index (Phi) is 4.28. The van der Waals surface area contributed by atoms with Crippen LogP contribution in [0, 0.1) is 0 Å². The molecule has 2 atom stereocenters. The minimum absolute atomic E-state index is 0.116. The lowest BCUT2D eigenvalue weighted by molar-refractivity contribution is 0.0669. The molecule has 2 aromatic heterocycles. The van der Waals surface area contributed by atoms with Crippen molar-refractivity contribution in [2.45, 2.75) is 37.8 Å². The summed E-state index contributed by atoms with van der Waals surface area (Å²) in [4.78, 5) is 30.9. The Morgan fingerprint density at radius 3 is 2.71 bits per heavy atom. The lowest BCUT2D eigenvalue weighted by atomic mass is 10.0. The first-order chi connectivity index (χ1) is 11.7. The van der Waals surface area contributed by atoms with Crippen LogP contribution in [0.5, 0.6) is 0 Å². The summed E-state index contributed by atoms with van der Waals surface area (Å²) in [7, 11) is 2.18. The fourth-order valence-electron chi connectivity index (χ4n) is 3.91. The highest BCUT2D eigenvalue weighted by Crippen LogP contribution is 2.32. The van der Waals surface area contributed by atoms with Crippen molar-refractivity contribution in [3.05, 3.63) is 29.7 Å². The Morgan fingerprint density at radius 2 is 1.96 bits per heavy atom. The summed E-state index contributed by atoms with van der Waals surface area (Å²) >= 11 is 1.41. The third kappa shape index (κ3) is 2.82. The summed E-state index contributed by atoms with van der Waals surface area (Å²) < 4.78 is 0. The van der Waals surface area contributed by atoms with Crippen LogP contribution in [0.1, 0.15) is 35.4 Å². The topological polar surface area (TPSA) is 62.2 Å². The lowest BCUT2D eigenvalue weighted by Crippen LogP contribution is -2.46. The molecule has 4 rings (SSSR count). The largest absolute Gasteiger partial charge is 0.333 e. The van der Waals surface area contributed by atoms with Crippen LogP contribution in [0.15, 0.2) is 24.8 Å². The molecule has 0 aromatic carbocycles. The molecule has 0 aliphatic carbocycles. The number of aromatic nitrogens is 3. The summed E-state index contributed by atoms with van der Waals surface area (Å²) in [6.07, 6.45) is 11.3. The molecule has 0 N–H and O–H groups in total. The van der Waals surface area contributed by atoms with Crippen LogP contribution in [0.4, 0.5) is 0 Å². The average molecular weight is 343 g/mol. The summed E-state index contributed by atoms with van der Waals surface area (Å²) in [5, 5.41) is 0.750. The molecular formula is C17H21N5OS. The van der Waals surface area contributed by atoms with Gasteiger partial charge in [0, 0.05) is 31.0 Å². The zero-order valence-electron chi connectivity index (χ0n) is 13.8. The number of rotatable bonds is 3. The summed E-state index contributed by atoms with van der Waals surface area (Å²) in [5.74, 6) is 0.116. The molecule has 2 aromatic rings. The molecule has 0 radical (unpaired) electrons. The molecular weight excluding hydrogens is 322 g/mol. The fourth-order valence-corrected chi connectivity index (χ4v) is 4.74. The van der Waals surface area contributed by atoms with E-state index in [4.69, 9.17) is 0 Å². The van der Waals surface area contributed by atoms with E-state index in [0.29, 0.717) is 17.0 Å². The minimum atomic E-state index is 0.116. The van der Waals surface area contributed by atoms with Gasteiger partial charge in [0.2, 0.25) is 0 Å². The fraction of sp³-hybridized carbons (Fsp3) is 0.529. The van der Waals surface area contributed by atoms with Gasteiger partial charge in [-0.05, 0) is 39.3 Å². The van der Waals surface area contributed by atoms with Crippen molar-refractivity contribution in [2.75, 3.05) is 20.1 Å². The highest BCUT2D eigenvalue weighted by Gasteiger charge is 2.39. The molecule has 0 saturated carbocycles. The van der Waals surface area contributed by atoms with Crippen molar-refractivity contribution in [1.29, 1.82) is 0 Å². The molecule has 2 aliphatic rings. The van der Waals surface area contributed by atoms with Crippen LogP contribution in [0.25, 0.3) is 10.7 Å². The quantitative estimate of drug-likeness (QED) is 0.856. The Hall–Kier alpha value is -1.86. The van der Waals surface area contributed by atoms with E-state index in [1.54, 1.807) is 24.8 Å². The van der Waals surface area contributed by atoms with Gasteiger partial charge in [-0.15, -0.1) is 11.3 Å². The maximum atomic E-state index is 13.0. The van der Waals surface area contributed by atoms with E-state index in [1.165, 1.54) is 24.2 Å². The lowest BCUT2D eigenvalue weighted by Gasteiger charge is -2.33. The van der Waals surface area contributed by atoms with Crippen molar-refractivity contribution in [3.63, 3.8) is 0 Å². The normalized spacial score (nSPS) is 24.6. The molecule has 7 heteroatoms. The predicted octanol–water partition coefficient (Wildman–Crippen LogP) is 2.30. The third-order valence-corrected chi connectivity index (χ3v) is 6.09. The number of thiazole rings is 1. The molecule has 6 nitrogen and oxygen atoms in total. The van der Waals surface area contributed by atoms with Crippen LogP contribution in [-0.2, 0) is 0 Å². The van der Waals surface area contributed by atoms with Crippen molar-refractivity contribution in [3.8, 4) is 10.7 Å². The zero-order chi connectivity index (χ0) is 16.5. The number of carbonyl (C=O) groups excluding carboxylic acids is 1. The average Bonchev–Trinajstić information content (AvgIpc) is 3.35. The second-order valence-corrected chi connectivity index (χ2v) is 7.55. The van der Waals surface area contributed by atoms with E-state index in [2.05, 4.69) is 31.8 Å². The van der Waals surface area contributed by atoms with Crippen molar-refractivity contribution in [2.24, 2.45) is 0 Å². The molecule has 126 valence electrons. The number of carbonyl (C=O) groups is 1. The first-order valence-corrected chi connectivity index (χ1v) is 9.29. The van der Waals surface area contributed by atoms with Gasteiger partial charge in [-0.25, -0.2) is 4.98 Å². The number of hydrogen-bond acceptors (Lipinski definition) is 6. The van der Waals surface area contributed by atoms with Crippen LogP contribution in [0.3, 0.4) is 0 Å². The van der Waals surface area contributed by atoms with E-state index < -0.39 is 0 Å². The maximum Gasteiger partial charge on any atom is 0.265 e. The highest BCUT2D eigenvalue weighted by atomic mass is 32.1. The van der Waals surface area contributed by atoms with E-state index in [0.717, 1.165) is 36.6 Å². The number of hydrogen-bond donors (Lipinski definition) is 0. The van der Waals surface area contributed by atoms with Crippen molar-refractivity contribution in [1.82, 2.24) is 24.8 Å². The molecule has 24 heavy (non-hydrogen) atoms. The van der Waals surface area contributed by atoms with Gasteiger partial charge in [0.25, 0.3) is 5.91 Å². The molecule has 1 amide bonds. The van der Waals surface area contributed by atoms with Gasteiger partial charge in [-0.2, -0.15) is 0 Å². The highest BCUT2D eigenvalue weighted by molar-refractivity contribution is 7.16. The SMILES string of the molecule is CN1CCC[C@@H]1[C@@H]1CCCN1C(=O)c1cnc(-c2cnccn2)s1. The molecule has 0 bridgehead atoms. The Bertz CT molecular complexity index is 719. The minimum Gasteiger partial charge on any atom is -0.333 e. The van der Waals surface area contributed by atoms with Gasteiger partial charge in [-0.3, -0.25) is 14.8 Å². The first-order valence-electron chi connectivity index (χ1n) is 8.47. The molecule has 0 spiro atoms. The third-order valence-electron chi connectivity index (χ3n) is 5.08. The van der Waals surface area contributed by atoms with Gasteiger partial charge in [0.05, 0.1) is 12.4 Å². The number of likely N-dealkylation sites (tertiary alicyclic amines) is 2. The van der Waals surface area contributed by atoms with Gasteiger partial charge in [-0.1, -0.05) is 0 Å². The van der Waals surface area contributed by atoms with Crippen LogP contribution in [0.2, 0.25) is 0 Å². The van der Waals surface area contributed by atoms with Crippen molar-refractivity contribution >= 4 is 17.2 Å². The second kappa shape index (κ2) is 6.57. The molecule has 2 fully saturated rings. The number of nitrogens with zero attached hydrogens (tertiary/aromatic N) is 5. The molecule has 2 aliphatic heterocycles. The van der Waals surface area contributed by atoms with Gasteiger partial charge in [0.15, 0.2) is 0 Å². The van der Waals surface area contributed by atoms with Crippen molar-refractivity contribution < 1.29 is 4.79 Å². The molecule has 2 saturated heterocycles. The number of amides is 1. The Balaban J connectivity index is 1.54. The monoisotopic (exact) mass is 343 g/mol. The van der Waals surface area contributed by atoms with E-state index in [1.807, 2.05) is 0 Å². The van der Waals surface area contributed by atoms with Gasteiger partial charge in [0.1, 0.15) is 15.6 Å². The summed E-state index contributed by atoms with van der Waals surface area (Å²) in [5.41, 5.74) is 0.718. The summed E-state index contributed by atoms with van der Waals surface area (Å²) in [6, 6.07) is 0.843. The van der Waals surface area contributed by atoms with Gasteiger partial charge >= 0.3 is 0 Å². The first kappa shape index (κ1) is 15.7. The molecule has 4 heterocycles. The standard InChI is InChI=1S/C17H21N5OS/c1-21-8-2-4-13(21)14-5-3-9-22(14)17(23)15-11-20-16(24-15)12-10-18-6-7-19-12/h6-7,10-11,13-14H,2-5,8-9H2,1H3/t13-,14+/m1/s1. The molecule has 0 unspecified atom stereocenters. The second-order valence-electron chi connectivity index (χ2n) is 6.52. The van der Waals surface area contributed by atoms with Crippen LogP contribution >= 0.6 is 11.3 Å². The van der Waals surface area contributed by atoms with E-state index >= 15 is 0 Å².